The van der Waals surface area contributed by atoms with Crippen molar-refractivity contribution in [2.45, 2.75) is 102 Å². The molecule has 6 heteroatoms. The quantitative estimate of drug-likeness (QED) is 0.224. The maximum atomic E-state index is 13.0. The van der Waals surface area contributed by atoms with Crippen molar-refractivity contribution >= 4 is 5.97 Å². The minimum Gasteiger partial charge on any atom is -0.396 e. The van der Waals surface area contributed by atoms with Gasteiger partial charge in [-0.2, -0.15) is 0 Å². The molecule has 0 bridgehead atoms. The molecule has 0 saturated carbocycles. The van der Waals surface area contributed by atoms with E-state index in [4.69, 9.17) is 15.1 Å². The molecule has 1 aromatic carbocycles. The molecule has 6 nitrogen and oxygen atoms in total. The van der Waals surface area contributed by atoms with Gasteiger partial charge >= 0.3 is 5.97 Å². The van der Waals surface area contributed by atoms with Crippen molar-refractivity contribution in [3.63, 3.8) is 0 Å². The summed E-state index contributed by atoms with van der Waals surface area (Å²) < 4.78 is 0. The predicted molar refractivity (Wildman–Crippen MR) is 138 cm³/mol. The normalized spacial score (nSPS) is 15.3. The third-order valence-electron chi connectivity index (χ3n) is 7.00. The first kappa shape index (κ1) is 28.8. The number of unbranched alkanes of at least 4 members (excludes halogenated alkanes) is 8. The monoisotopic (exact) mass is 476 g/mol. The Balaban J connectivity index is 2.04. The zero-order valence-corrected chi connectivity index (χ0v) is 21.4. The van der Waals surface area contributed by atoms with Crippen molar-refractivity contribution in [1.82, 2.24) is 9.96 Å². The highest BCUT2D eigenvalue weighted by Crippen LogP contribution is 2.26. The standard InChI is InChI=1S/C28H48N2O4/c1-29-21-19-27(20-22-29)30(34-28(33)25-15-9-8-10-16-25)26(17-11-4-2-6-13-23-31)18-12-5-3-7-14-24-32/h8-10,15-16,26-27,31-32H,2-7,11-14,17-24H2,1H3. The van der Waals surface area contributed by atoms with E-state index in [9.17, 15) is 4.79 Å². The van der Waals surface area contributed by atoms with E-state index in [1.54, 1.807) is 0 Å². The molecule has 1 aliphatic rings. The fourth-order valence-corrected chi connectivity index (χ4v) is 4.86. The molecule has 0 amide bonds. The van der Waals surface area contributed by atoms with Gasteiger partial charge in [-0.15, -0.1) is 5.06 Å². The van der Waals surface area contributed by atoms with Crippen LogP contribution in [0.3, 0.4) is 0 Å². The Labute approximate surface area is 207 Å². The molecule has 0 radical (unpaired) electrons. The highest BCUT2D eigenvalue weighted by Gasteiger charge is 2.32. The first-order valence-electron chi connectivity index (χ1n) is 13.6. The van der Waals surface area contributed by atoms with Crippen molar-refractivity contribution < 1.29 is 19.8 Å². The van der Waals surface area contributed by atoms with Gasteiger partial charge in [0.2, 0.25) is 0 Å². The Bertz CT molecular complexity index is 619. The van der Waals surface area contributed by atoms with Gasteiger partial charge in [0.05, 0.1) is 5.56 Å². The number of likely N-dealkylation sites (tertiary alicyclic amines) is 1. The van der Waals surface area contributed by atoms with E-state index in [0.717, 1.165) is 103 Å². The topological polar surface area (TPSA) is 73.2 Å². The second-order valence-corrected chi connectivity index (χ2v) is 9.85. The van der Waals surface area contributed by atoms with Crippen LogP contribution in [0.25, 0.3) is 0 Å². The lowest BCUT2D eigenvalue weighted by molar-refractivity contribution is -0.178. The van der Waals surface area contributed by atoms with Crippen molar-refractivity contribution in [3.8, 4) is 0 Å². The van der Waals surface area contributed by atoms with E-state index in [1.807, 2.05) is 30.3 Å². The number of hydrogen-bond acceptors (Lipinski definition) is 6. The Hall–Kier alpha value is -1.47. The Kier molecular flexibility index (Phi) is 15.1. The predicted octanol–water partition coefficient (Wildman–Crippen LogP) is 5.19. The van der Waals surface area contributed by atoms with Gasteiger partial charge in [-0.05, 0) is 70.8 Å². The molecule has 0 spiro atoms. The maximum Gasteiger partial charge on any atom is 0.357 e. The van der Waals surface area contributed by atoms with E-state index >= 15 is 0 Å². The van der Waals surface area contributed by atoms with Gasteiger partial charge in [-0.3, -0.25) is 0 Å². The first-order chi connectivity index (χ1) is 16.7. The maximum absolute atomic E-state index is 13.0. The van der Waals surface area contributed by atoms with Gasteiger partial charge in [0, 0.05) is 25.3 Å². The number of aliphatic hydroxyl groups excluding tert-OH is 2. The molecule has 1 aliphatic heterocycles. The molecule has 1 saturated heterocycles. The molecule has 0 aromatic heterocycles. The number of aliphatic hydroxyl groups is 2. The lowest BCUT2D eigenvalue weighted by atomic mass is 9.96. The number of nitrogens with zero attached hydrogens (tertiary/aromatic N) is 2. The second kappa shape index (κ2) is 17.9. The number of hydrogen-bond donors (Lipinski definition) is 2. The molecule has 1 aromatic rings. The number of carbonyl (C=O) groups is 1. The lowest BCUT2D eigenvalue weighted by Gasteiger charge is -2.40. The van der Waals surface area contributed by atoms with Crippen LogP contribution in [0, 0.1) is 0 Å². The van der Waals surface area contributed by atoms with Gasteiger partial charge in [0.1, 0.15) is 0 Å². The van der Waals surface area contributed by atoms with Crippen molar-refractivity contribution in [2.24, 2.45) is 0 Å². The van der Waals surface area contributed by atoms with E-state index in [-0.39, 0.29) is 31.3 Å². The number of rotatable bonds is 18. The summed E-state index contributed by atoms with van der Waals surface area (Å²) in [6, 6.07) is 9.83. The van der Waals surface area contributed by atoms with E-state index < -0.39 is 0 Å². The molecule has 34 heavy (non-hydrogen) atoms. The zero-order chi connectivity index (χ0) is 24.4. The third kappa shape index (κ3) is 11.3. The average Bonchev–Trinajstić information content (AvgIpc) is 2.86. The summed E-state index contributed by atoms with van der Waals surface area (Å²) in [5, 5.41) is 20.1. The first-order valence-corrected chi connectivity index (χ1v) is 13.6. The number of carbonyl (C=O) groups excluding carboxylic acids is 1. The molecular formula is C28H48N2O4. The fourth-order valence-electron chi connectivity index (χ4n) is 4.86. The van der Waals surface area contributed by atoms with Crippen LogP contribution in [-0.2, 0) is 4.84 Å². The lowest BCUT2D eigenvalue weighted by Crippen LogP contribution is -2.49. The van der Waals surface area contributed by atoms with Crippen molar-refractivity contribution in [2.75, 3.05) is 33.4 Å². The second-order valence-electron chi connectivity index (χ2n) is 9.85. The molecule has 194 valence electrons. The van der Waals surface area contributed by atoms with Gasteiger partial charge in [-0.25, -0.2) is 4.79 Å². The van der Waals surface area contributed by atoms with E-state index in [0.29, 0.717) is 5.56 Å². The Morgan fingerprint density at radius 2 is 1.38 bits per heavy atom. The highest BCUT2D eigenvalue weighted by molar-refractivity contribution is 5.89. The summed E-state index contributed by atoms with van der Waals surface area (Å²) in [4.78, 5) is 21.6. The van der Waals surface area contributed by atoms with Crippen LogP contribution >= 0.6 is 0 Å². The van der Waals surface area contributed by atoms with Gasteiger partial charge in [0.25, 0.3) is 0 Å². The fraction of sp³-hybridized carbons (Fsp3) is 0.750. The SMILES string of the molecule is CN1CCC(N(OC(=O)c2ccccc2)C(CCCCCCCO)CCCCCCCO)CC1. The Morgan fingerprint density at radius 3 is 1.91 bits per heavy atom. The summed E-state index contributed by atoms with van der Waals surface area (Å²) >= 11 is 0. The van der Waals surface area contributed by atoms with Crippen LogP contribution in [-0.4, -0.2) is 71.6 Å². The number of piperidine rings is 1. The van der Waals surface area contributed by atoms with Crippen LogP contribution in [0.15, 0.2) is 30.3 Å². The zero-order valence-electron chi connectivity index (χ0n) is 21.4. The summed E-state index contributed by atoms with van der Waals surface area (Å²) in [7, 11) is 2.16. The van der Waals surface area contributed by atoms with Crippen molar-refractivity contribution in [3.05, 3.63) is 35.9 Å². The largest absolute Gasteiger partial charge is 0.396 e. The van der Waals surface area contributed by atoms with Crippen LogP contribution in [0.1, 0.15) is 100 Å². The molecule has 1 heterocycles. The average molecular weight is 477 g/mol. The van der Waals surface area contributed by atoms with E-state index in [2.05, 4.69) is 17.0 Å². The molecule has 0 atom stereocenters. The minimum absolute atomic E-state index is 0.233. The van der Waals surface area contributed by atoms with Crippen LogP contribution in [0.2, 0.25) is 0 Å². The number of benzene rings is 1. The molecule has 2 N–H and O–H groups in total. The molecular weight excluding hydrogens is 428 g/mol. The number of hydroxylamine groups is 2. The Morgan fingerprint density at radius 1 is 0.882 bits per heavy atom. The molecule has 0 aliphatic carbocycles. The summed E-state index contributed by atoms with van der Waals surface area (Å²) in [6.07, 6.45) is 14.8. The van der Waals surface area contributed by atoms with Crippen LogP contribution < -0.4 is 0 Å². The van der Waals surface area contributed by atoms with Gasteiger partial charge in [0.15, 0.2) is 0 Å². The summed E-state index contributed by atoms with van der Waals surface area (Å²) in [5.41, 5.74) is 0.604. The van der Waals surface area contributed by atoms with Crippen LogP contribution in [0.4, 0.5) is 0 Å². The molecule has 0 unspecified atom stereocenters. The summed E-state index contributed by atoms with van der Waals surface area (Å²) in [6.45, 7) is 2.61. The van der Waals surface area contributed by atoms with Gasteiger partial charge in [-0.1, -0.05) is 69.6 Å². The minimum atomic E-state index is -0.254. The third-order valence-corrected chi connectivity index (χ3v) is 7.00. The highest BCUT2D eigenvalue weighted by atomic mass is 16.7. The summed E-state index contributed by atoms with van der Waals surface area (Å²) in [5.74, 6) is -0.254. The van der Waals surface area contributed by atoms with Gasteiger partial charge < -0.3 is 20.0 Å². The molecule has 2 rings (SSSR count). The smallest absolute Gasteiger partial charge is 0.357 e. The van der Waals surface area contributed by atoms with E-state index in [1.165, 1.54) is 0 Å². The molecule has 1 fully saturated rings. The van der Waals surface area contributed by atoms with Crippen molar-refractivity contribution in [1.29, 1.82) is 0 Å². The van der Waals surface area contributed by atoms with Crippen LogP contribution in [0.5, 0.6) is 0 Å².